The third kappa shape index (κ3) is 2.88. The predicted octanol–water partition coefficient (Wildman–Crippen LogP) is 0.551. The van der Waals surface area contributed by atoms with Crippen LogP contribution in [0.3, 0.4) is 0 Å². The van der Waals surface area contributed by atoms with Crippen molar-refractivity contribution >= 4 is 11.8 Å². The summed E-state index contributed by atoms with van der Waals surface area (Å²) in [6.45, 7) is 0. The van der Waals surface area contributed by atoms with E-state index in [1.807, 2.05) is 0 Å². The summed E-state index contributed by atoms with van der Waals surface area (Å²) in [5.41, 5.74) is 5.13. The fourth-order valence-corrected chi connectivity index (χ4v) is 1.26. The van der Waals surface area contributed by atoms with Crippen LogP contribution in [0, 0.1) is 0 Å². The molecule has 6 heteroatoms. The van der Waals surface area contributed by atoms with Gasteiger partial charge in [-0.15, -0.1) is 0 Å². The lowest BCUT2D eigenvalue weighted by Gasteiger charge is -2.06. The topological polar surface area (TPSA) is 84.0 Å². The van der Waals surface area contributed by atoms with E-state index in [2.05, 4.69) is 20.8 Å². The number of carbonyl (C=O) groups excluding carboxylic acids is 2. The molecular weight excluding hydrogens is 232 g/mol. The van der Waals surface area contributed by atoms with Gasteiger partial charge < -0.3 is 0 Å². The molecule has 18 heavy (non-hydrogen) atoms. The summed E-state index contributed by atoms with van der Waals surface area (Å²) in [5.74, 6) is -0.916. The molecule has 2 N–H and O–H groups in total. The van der Waals surface area contributed by atoms with Crippen molar-refractivity contribution in [1.29, 1.82) is 0 Å². The van der Waals surface area contributed by atoms with Crippen molar-refractivity contribution < 1.29 is 9.59 Å². The molecule has 1 heterocycles. The molecular formula is C12H10N4O2. The molecule has 0 saturated carbocycles. The average Bonchev–Trinajstić information content (AvgIpc) is 2.46. The summed E-state index contributed by atoms with van der Waals surface area (Å²) in [5, 5.41) is 0. The summed E-state index contributed by atoms with van der Waals surface area (Å²) in [6.07, 6.45) is 4.16. The van der Waals surface area contributed by atoms with Gasteiger partial charge in [0.15, 0.2) is 0 Å². The number of nitrogens with zero attached hydrogens (tertiary/aromatic N) is 2. The zero-order valence-corrected chi connectivity index (χ0v) is 9.33. The highest BCUT2D eigenvalue weighted by molar-refractivity contribution is 5.98. The van der Waals surface area contributed by atoms with Gasteiger partial charge in [0.2, 0.25) is 0 Å². The van der Waals surface area contributed by atoms with Crippen LogP contribution in [0.25, 0.3) is 0 Å². The molecule has 0 spiro atoms. The Morgan fingerprint density at radius 2 is 1.67 bits per heavy atom. The quantitative estimate of drug-likeness (QED) is 0.753. The molecule has 90 valence electrons. The van der Waals surface area contributed by atoms with Crippen LogP contribution in [0.1, 0.15) is 20.8 Å². The molecule has 1 aromatic heterocycles. The van der Waals surface area contributed by atoms with E-state index >= 15 is 0 Å². The minimum Gasteiger partial charge on any atom is -0.267 e. The van der Waals surface area contributed by atoms with Gasteiger partial charge in [-0.05, 0) is 12.1 Å². The Morgan fingerprint density at radius 1 is 0.944 bits per heavy atom. The SMILES string of the molecule is O=C(NNC(=O)c1cnccn1)c1ccccc1. The van der Waals surface area contributed by atoms with E-state index in [0.717, 1.165) is 0 Å². The first-order valence-corrected chi connectivity index (χ1v) is 5.19. The van der Waals surface area contributed by atoms with Crippen LogP contribution < -0.4 is 10.9 Å². The molecule has 2 rings (SSSR count). The van der Waals surface area contributed by atoms with Crippen LogP contribution in [-0.2, 0) is 0 Å². The second-order valence-electron chi connectivity index (χ2n) is 3.36. The van der Waals surface area contributed by atoms with Crippen LogP contribution in [-0.4, -0.2) is 21.8 Å². The van der Waals surface area contributed by atoms with E-state index in [9.17, 15) is 9.59 Å². The van der Waals surface area contributed by atoms with Gasteiger partial charge in [-0.25, -0.2) is 4.98 Å². The second kappa shape index (κ2) is 5.53. The standard InChI is InChI=1S/C12H10N4O2/c17-11(9-4-2-1-3-5-9)15-16-12(18)10-8-13-6-7-14-10/h1-8H,(H,15,17)(H,16,18). The number of rotatable bonds is 2. The zero-order valence-electron chi connectivity index (χ0n) is 9.33. The van der Waals surface area contributed by atoms with Crippen LogP contribution in [0.15, 0.2) is 48.9 Å². The highest BCUT2D eigenvalue weighted by atomic mass is 16.2. The molecule has 2 amide bonds. The van der Waals surface area contributed by atoms with Crippen molar-refractivity contribution in [2.45, 2.75) is 0 Å². The third-order valence-electron chi connectivity index (χ3n) is 2.12. The summed E-state index contributed by atoms with van der Waals surface area (Å²) >= 11 is 0. The molecule has 0 aliphatic heterocycles. The second-order valence-corrected chi connectivity index (χ2v) is 3.36. The Balaban J connectivity index is 1.93. The maximum Gasteiger partial charge on any atom is 0.289 e. The monoisotopic (exact) mass is 242 g/mol. The van der Waals surface area contributed by atoms with Gasteiger partial charge in [0, 0.05) is 18.0 Å². The molecule has 0 aliphatic rings. The van der Waals surface area contributed by atoms with Crippen LogP contribution in [0.4, 0.5) is 0 Å². The summed E-state index contributed by atoms with van der Waals surface area (Å²) in [6, 6.07) is 8.56. The van der Waals surface area contributed by atoms with Crippen LogP contribution in [0.5, 0.6) is 0 Å². The first-order valence-electron chi connectivity index (χ1n) is 5.19. The molecule has 0 bridgehead atoms. The Morgan fingerprint density at radius 3 is 2.33 bits per heavy atom. The van der Waals surface area contributed by atoms with Crippen LogP contribution in [0.2, 0.25) is 0 Å². The lowest BCUT2D eigenvalue weighted by atomic mass is 10.2. The van der Waals surface area contributed by atoms with Crippen molar-refractivity contribution in [3.05, 3.63) is 60.2 Å². The van der Waals surface area contributed by atoms with Gasteiger partial charge in [0.1, 0.15) is 5.69 Å². The number of hydrogen-bond donors (Lipinski definition) is 2. The van der Waals surface area contributed by atoms with Crippen molar-refractivity contribution in [1.82, 2.24) is 20.8 Å². The van der Waals surface area contributed by atoms with Gasteiger partial charge in [0.25, 0.3) is 11.8 Å². The Hall–Kier alpha value is -2.76. The minimum absolute atomic E-state index is 0.130. The Kier molecular flexibility index (Phi) is 3.60. The van der Waals surface area contributed by atoms with E-state index in [1.54, 1.807) is 30.3 Å². The number of hydrogen-bond acceptors (Lipinski definition) is 4. The smallest absolute Gasteiger partial charge is 0.267 e. The Labute approximate surface area is 103 Å². The molecule has 1 aromatic carbocycles. The van der Waals surface area contributed by atoms with E-state index < -0.39 is 11.8 Å². The molecule has 0 unspecified atom stereocenters. The van der Waals surface area contributed by atoms with E-state index in [4.69, 9.17) is 0 Å². The van der Waals surface area contributed by atoms with E-state index in [1.165, 1.54) is 18.6 Å². The van der Waals surface area contributed by atoms with Crippen molar-refractivity contribution in [2.24, 2.45) is 0 Å². The summed E-state index contributed by atoms with van der Waals surface area (Å²) in [7, 11) is 0. The molecule has 0 saturated heterocycles. The fourth-order valence-electron chi connectivity index (χ4n) is 1.26. The van der Waals surface area contributed by atoms with Crippen molar-refractivity contribution in [3.63, 3.8) is 0 Å². The molecule has 0 fully saturated rings. The lowest BCUT2D eigenvalue weighted by molar-refractivity contribution is 0.0843. The number of hydrazine groups is 1. The fraction of sp³-hybridized carbons (Fsp3) is 0. The molecule has 0 atom stereocenters. The van der Waals surface area contributed by atoms with Gasteiger partial charge in [-0.3, -0.25) is 25.4 Å². The maximum atomic E-state index is 11.6. The molecule has 0 aliphatic carbocycles. The lowest BCUT2D eigenvalue weighted by Crippen LogP contribution is -2.41. The van der Waals surface area contributed by atoms with Crippen molar-refractivity contribution in [3.8, 4) is 0 Å². The van der Waals surface area contributed by atoms with Gasteiger partial charge >= 0.3 is 0 Å². The molecule has 0 radical (unpaired) electrons. The van der Waals surface area contributed by atoms with E-state index in [-0.39, 0.29) is 5.69 Å². The predicted molar refractivity (Wildman–Crippen MR) is 63.4 cm³/mol. The number of aromatic nitrogens is 2. The molecule has 2 aromatic rings. The Bertz CT molecular complexity index is 491. The highest BCUT2D eigenvalue weighted by Gasteiger charge is 2.09. The highest BCUT2D eigenvalue weighted by Crippen LogP contribution is 1.97. The first-order chi connectivity index (χ1) is 8.77. The normalized spacial score (nSPS) is 9.56. The summed E-state index contributed by atoms with van der Waals surface area (Å²) in [4.78, 5) is 30.7. The summed E-state index contributed by atoms with van der Waals surface area (Å²) < 4.78 is 0. The van der Waals surface area contributed by atoms with E-state index in [0.29, 0.717) is 5.56 Å². The first kappa shape index (κ1) is 11.7. The van der Waals surface area contributed by atoms with Crippen molar-refractivity contribution in [2.75, 3.05) is 0 Å². The largest absolute Gasteiger partial charge is 0.289 e. The molecule has 6 nitrogen and oxygen atoms in total. The zero-order chi connectivity index (χ0) is 12.8. The maximum absolute atomic E-state index is 11.6. The number of amides is 2. The minimum atomic E-state index is -0.521. The number of nitrogens with one attached hydrogen (secondary N) is 2. The third-order valence-corrected chi connectivity index (χ3v) is 2.12. The van der Waals surface area contributed by atoms with Gasteiger partial charge in [-0.1, -0.05) is 18.2 Å². The number of carbonyl (C=O) groups is 2. The van der Waals surface area contributed by atoms with Crippen LogP contribution >= 0.6 is 0 Å². The number of benzene rings is 1. The van der Waals surface area contributed by atoms with Gasteiger partial charge in [0.05, 0.1) is 6.20 Å². The average molecular weight is 242 g/mol. The van der Waals surface area contributed by atoms with Gasteiger partial charge in [-0.2, -0.15) is 0 Å².